The van der Waals surface area contributed by atoms with Gasteiger partial charge in [-0.15, -0.1) is 0 Å². The second-order valence-corrected chi connectivity index (χ2v) is 2.35. The van der Waals surface area contributed by atoms with Crippen molar-refractivity contribution >= 4 is 17.7 Å². The average Bonchev–Trinajstić information content (AvgIpc) is 2.19. The van der Waals surface area contributed by atoms with Crippen LogP contribution in [0.4, 0.5) is 0 Å². The highest BCUT2D eigenvalue weighted by molar-refractivity contribution is 6.13. The van der Waals surface area contributed by atoms with Crippen LogP contribution in [0.15, 0.2) is 18.6 Å². The van der Waals surface area contributed by atoms with Crippen LogP contribution in [0.2, 0.25) is 0 Å². The van der Waals surface area contributed by atoms with Gasteiger partial charge < -0.3 is 10.6 Å². The maximum absolute atomic E-state index is 11.1. The van der Waals surface area contributed by atoms with Gasteiger partial charge in [-0.1, -0.05) is 0 Å². The molecule has 1 heterocycles. The number of aromatic nitrogens is 2. The minimum atomic E-state index is -0.700. The Kier molecular flexibility index (Phi) is 3.56. The summed E-state index contributed by atoms with van der Waals surface area (Å²) in [7, 11) is 0. The van der Waals surface area contributed by atoms with Crippen molar-refractivity contribution in [2.45, 2.75) is 0 Å². The van der Waals surface area contributed by atoms with E-state index in [0.717, 1.165) is 0 Å². The van der Waals surface area contributed by atoms with Crippen molar-refractivity contribution in [1.82, 2.24) is 14.6 Å². The van der Waals surface area contributed by atoms with Crippen molar-refractivity contribution in [3.8, 4) is 0 Å². The fourth-order valence-electron chi connectivity index (χ4n) is 0.578. The number of nitrogens with two attached hydrogens (primary N) is 1. The Bertz CT molecular complexity index is 281. The molecule has 2 N–H and O–H groups in total. The number of hydrogen-bond donors (Lipinski definition) is 1. The second kappa shape index (κ2) is 4.70. The van der Waals surface area contributed by atoms with Gasteiger partial charge in [0.05, 0.1) is 12.9 Å². The summed E-state index contributed by atoms with van der Waals surface area (Å²) in [4.78, 5) is 23.0. The molecule has 0 aliphatic heterocycles. The Labute approximate surface area is 79.3 Å². The monoisotopic (exact) mass is 202 g/mol. The van der Waals surface area contributed by atoms with E-state index >= 15 is 0 Å². The van der Waals surface area contributed by atoms with Crippen LogP contribution in [0.1, 0.15) is 10.5 Å². The Balaban J connectivity index is 2.59. The van der Waals surface area contributed by atoms with Crippen LogP contribution in [0.5, 0.6) is 0 Å². The van der Waals surface area contributed by atoms with Crippen molar-refractivity contribution < 1.29 is 9.63 Å². The molecule has 1 aromatic heterocycles. The Morgan fingerprint density at radius 1 is 1.69 bits per heavy atom. The van der Waals surface area contributed by atoms with Gasteiger partial charge in [-0.2, -0.15) is 0 Å². The van der Waals surface area contributed by atoms with Crippen LogP contribution in [-0.4, -0.2) is 27.2 Å². The van der Waals surface area contributed by atoms with Gasteiger partial charge in [0.15, 0.2) is 5.69 Å². The number of halogens is 1. The maximum Gasteiger partial charge on any atom is 0.378 e. The van der Waals surface area contributed by atoms with Crippen LogP contribution in [0.3, 0.4) is 0 Å². The number of hydroxylamine groups is 1. The van der Waals surface area contributed by atoms with Crippen molar-refractivity contribution in [2.75, 3.05) is 6.67 Å². The molecule has 0 aliphatic rings. The summed E-state index contributed by atoms with van der Waals surface area (Å²) in [5.41, 5.74) is 5.15. The van der Waals surface area contributed by atoms with E-state index in [9.17, 15) is 4.79 Å². The molecule has 0 aliphatic carbocycles. The molecule has 0 radical (unpaired) electrons. The predicted molar refractivity (Wildman–Crippen MR) is 44.2 cm³/mol. The van der Waals surface area contributed by atoms with Crippen molar-refractivity contribution in [3.05, 3.63) is 24.3 Å². The van der Waals surface area contributed by atoms with Crippen molar-refractivity contribution in [1.29, 1.82) is 0 Å². The molecule has 1 rings (SSSR count). The van der Waals surface area contributed by atoms with E-state index in [-0.39, 0.29) is 12.4 Å². The number of nitrogens with zero attached hydrogens (tertiary/aromatic N) is 3. The predicted octanol–water partition coefficient (Wildman–Crippen LogP) is -0.0796. The molecule has 0 fully saturated rings. The van der Waals surface area contributed by atoms with E-state index in [2.05, 4.69) is 14.8 Å². The molecule has 0 saturated carbocycles. The average molecular weight is 203 g/mol. The zero-order valence-corrected chi connectivity index (χ0v) is 7.31. The molecule has 0 atom stereocenters. The fourth-order valence-corrected chi connectivity index (χ4v) is 0.641. The molecule has 0 bridgehead atoms. The number of carbonyl (C=O) groups is 1. The molecule has 0 aromatic carbocycles. The zero-order chi connectivity index (χ0) is 9.68. The van der Waals surface area contributed by atoms with Crippen molar-refractivity contribution in [2.24, 2.45) is 5.73 Å². The van der Waals surface area contributed by atoms with E-state index in [4.69, 9.17) is 17.5 Å². The van der Waals surface area contributed by atoms with E-state index in [1.807, 2.05) is 0 Å². The quantitative estimate of drug-likeness (QED) is 0.420. The summed E-state index contributed by atoms with van der Waals surface area (Å²) in [6.45, 7) is -0.104. The molecule has 0 spiro atoms. The number of hydrogen-bond acceptors (Lipinski definition) is 6. The zero-order valence-electron chi connectivity index (χ0n) is 6.55. The lowest BCUT2D eigenvalue weighted by Gasteiger charge is -2.08. The number of rotatable bonds is 3. The molecule has 6 nitrogen and oxygen atoms in total. The molecule has 0 unspecified atom stereocenters. The molecule has 70 valence electrons. The molecule has 7 heteroatoms. The standard InChI is InChI=1S/C6H7ClN4O2/c7-11(4-8)13-6(12)5-3-9-1-2-10-5/h1-3H,4,8H2. The first-order valence-corrected chi connectivity index (χ1v) is 3.69. The van der Waals surface area contributed by atoms with Gasteiger partial charge in [-0.25, -0.2) is 9.78 Å². The third kappa shape index (κ3) is 2.94. The first kappa shape index (κ1) is 9.85. The van der Waals surface area contributed by atoms with Gasteiger partial charge in [-0.3, -0.25) is 4.98 Å². The van der Waals surface area contributed by atoms with Gasteiger partial charge in [0, 0.05) is 24.2 Å². The van der Waals surface area contributed by atoms with Gasteiger partial charge >= 0.3 is 5.97 Å². The molecular formula is C6H7ClN4O2. The lowest BCUT2D eigenvalue weighted by Crippen LogP contribution is -2.24. The van der Waals surface area contributed by atoms with E-state index in [1.165, 1.54) is 18.6 Å². The smallest absolute Gasteiger partial charge is 0.345 e. The summed E-state index contributed by atoms with van der Waals surface area (Å²) in [6, 6.07) is 0. The summed E-state index contributed by atoms with van der Waals surface area (Å²) >= 11 is 5.33. The first-order valence-electron chi connectivity index (χ1n) is 3.35. The highest BCUT2D eigenvalue weighted by Gasteiger charge is 2.11. The van der Waals surface area contributed by atoms with Gasteiger partial charge in [-0.05, 0) is 4.58 Å². The van der Waals surface area contributed by atoms with Crippen LogP contribution in [0, 0.1) is 0 Å². The summed E-state index contributed by atoms with van der Waals surface area (Å²) in [5.74, 6) is -0.700. The summed E-state index contributed by atoms with van der Waals surface area (Å²) in [6.07, 6.45) is 4.08. The van der Waals surface area contributed by atoms with E-state index in [0.29, 0.717) is 4.58 Å². The lowest BCUT2D eigenvalue weighted by atomic mass is 10.5. The largest absolute Gasteiger partial charge is 0.378 e. The third-order valence-electron chi connectivity index (χ3n) is 1.10. The number of carbonyl (C=O) groups excluding carboxylic acids is 1. The third-order valence-corrected chi connectivity index (χ3v) is 1.30. The van der Waals surface area contributed by atoms with E-state index < -0.39 is 5.97 Å². The molecule has 1 aromatic rings. The summed E-state index contributed by atoms with van der Waals surface area (Å²) in [5, 5.41) is 0. The molecule has 0 saturated heterocycles. The second-order valence-electron chi connectivity index (χ2n) is 1.97. The Hall–Kier alpha value is -1.24. The topological polar surface area (TPSA) is 81.3 Å². The molecule has 0 amide bonds. The van der Waals surface area contributed by atoms with Crippen LogP contribution in [-0.2, 0) is 4.84 Å². The van der Waals surface area contributed by atoms with Crippen molar-refractivity contribution in [3.63, 3.8) is 0 Å². The highest BCUT2D eigenvalue weighted by Crippen LogP contribution is 1.99. The fraction of sp³-hybridized carbons (Fsp3) is 0.167. The van der Waals surface area contributed by atoms with Crippen LogP contribution in [0.25, 0.3) is 0 Å². The van der Waals surface area contributed by atoms with E-state index in [1.54, 1.807) is 0 Å². The van der Waals surface area contributed by atoms with Gasteiger partial charge in [0.25, 0.3) is 0 Å². The minimum Gasteiger partial charge on any atom is -0.345 e. The normalized spacial score (nSPS) is 10.1. The maximum atomic E-state index is 11.1. The SMILES string of the molecule is NCN(Cl)OC(=O)c1cnccn1. The van der Waals surface area contributed by atoms with Crippen LogP contribution >= 0.6 is 11.8 Å². The highest BCUT2D eigenvalue weighted by atomic mass is 35.5. The first-order chi connectivity index (χ1) is 6.24. The molecular weight excluding hydrogens is 196 g/mol. The van der Waals surface area contributed by atoms with Crippen LogP contribution < -0.4 is 5.73 Å². The molecule has 13 heavy (non-hydrogen) atoms. The Morgan fingerprint density at radius 3 is 3.00 bits per heavy atom. The lowest BCUT2D eigenvalue weighted by molar-refractivity contribution is -0.0427. The minimum absolute atomic E-state index is 0.0709. The van der Waals surface area contributed by atoms with Gasteiger partial charge in [0.1, 0.15) is 0 Å². The summed E-state index contributed by atoms with van der Waals surface area (Å²) < 4.78 is 0.678. The van der Waals surface area contributed by atoms with Gasteiger partial charge in [0.2, 0.25) is 0 Å². The Morgan fingerprint density at radius 2 is 2.46 bits per heavy atom.